The molecular weight excluding hydrogens is 408 g/mol. The van der Waals surface area contributed by atoms with Crippen LogP contribution in [0, 0.1) is 17.0 Å². The second-order valence-electron chi connectivity index (χ2n) is 6.43. The minimum Gasteiger partial charge on any atom is -0.493 e. The summed E-state index contributed by atoms with van der Waals surface area (Å²) in [6.07, 6.45) is 0.822. The Morgan fingerprint density at radius 1 is 1.06 bits per heavy atom. The van der Waals surface area contributed by atoms with Gasteiger partial charge in [0.15, 0.2) is 23.9 Å². The van der Waals surface area contributed by atoms with Gasteiger partial charge in [-0.3, -0.25) is 14.9 Å². The molecule has 0 unspecified atom stereocenters. The number of hydrogen-bond acceptors (Lipinski definition) is 8. The average Bonchev–Trinajstić information content (AvgIpc) is 2.76. The third kappa shape index (κ3) is 6.08. The van der Waals surface area contributed by atoms with Gasteiger partial charge in [0.25, 0.3) is 5.91 Å². The molecule has 0 spiro atoms. The first-order chi connectivity index (χ1) is 14.8. The van der Waals surface area contributed by atoms with Gasteiger partial charge in [0.2, 0.25) is 0 Å². The second-order valence-corrected chi connectivity index (χ2v) is 6.43. The van der Waals surface area contributed by atoms with Gasteiger partial charge in [0.1, 0.15) is 0 Å². The van der Waals surface area contributed by atoms with E-state index in [1.165, 1.54) is 38.5 Å². The molecule has 31 heavy (non-hydrogen) atoms. The Labute approximate surface area is 179 Å². The fourth-order valence-electron chi connectivity index (χ4n) is 2.64. The molecule has 10 nitrogen and oxygen atoms in total. The molecule has 2 aromatic carbocycles. The number of aryl methyl sites for hydroxylation is 1. The van der Waals surface area contributed by atoms with Crippen LogP contribution in [-0.4, -0.2) is 44.2 Å². The highest BCUT2D eigenvalue weighted by atomic mass is 16.6. The summed E-state index contributed by atoms with van der Waals surface area (Å²) in [6.45, 7) is 3.53. The smallest absolute Gasteiger partial charge is 0.338 e. The van der Waals surface area contributed by atoms with Gasteiger partial charge in [0, 0.05) is 17.8 Å². The van der Waals surface area contributed by atoms with Crippen LogP contribution in [0.5, 0.6) is 17.2 Å². The molecule has 0 bridgehead atoms. The van der Waals surface area contributed by atoms with Crippen LogP contribution < -0.4 is 19.5 Å². The predicted molar refractivity (Wildman–Crippen MR) is 112 cm³/mol. The number of amides is 1. The highest BCUT2D eigenvalue weighted by Gasteiger charge is 2.19. The Kier molecular flexibility index (Phi) is 8.18. The Morgan fingerprint density at radius 3 is 2.39 bits per heavy atom. The maximum Gasteiger partial charge on any atom is 0.338 e. The van der Waals surface area contributed by atoms with Gasteiger partial charge in [-0.05, 0) is 37.1 Å². The number of nitro benzene ring substituents is 1. The number of nitrogens with one attached hydrogen (secondary N) is 1. The monoisotopic (exact) mass is 432 g/mol. The zero-order valence-electron chi connectivity index (χ0n) is 17.7. The van der Waals surface area contributed by atoms with Crippen molar-refractivity contribution in [2.24, 2.45) is 0 Å². The Morgan fingerprint density at radius 2 is 1.77 bits per heavy atom. The van der Waals surface area contributed by atoms with E-state index in [4.69, 9.17) is 18.9 Å². The molecule has 0 radical (unpaired) electrons. The van der Waals surface area contributed by atoms with Crippen molar-refractivity contribution in [3.63, 3.8) is 0 Å². The minimum atomic E-state index is -0.714. The molecule has 1 N–H and O–H groups in total. The van der Waals surface area contributed by atoms with E-state index >= 15 is 0 Å². The number of carbonyl (C=O) groups is 2. The van der Waals surface area contributed by atoms with E-state index in [0.717, 1.165) is 6.42 Å². The number of rotatable bonds is 10. The molecule has 166 valence electrons. The minimum absolute atomic E-state index is 0.000344. The Hall–Kier alpha value is -3.82. The topological polar surface area (TPSA) is 126 Å². The fourth-order valence-corrected chi connectivity index (χ4v) is 2.64. The number of ether oxygens (including phenoxy) is 4. The first kappa shape index (κ1) is 23.5. The van der Waals surface area contributed by atoms with E-state index < -0.39 is 23.4 Å². The van der Waals surface area contributed by atoms with E-state index in [9.17, 15) is 19.7 Å². The number of hydrogen-bond donors (Lipinski definition) is 1. The lowest BCUT2D eigenvalue weighted by molar-refractivity contribution is -0.385. The standard InChI is InChI=1S/C21H24N2O8/c1-5-8-30-17-7-6-14(10-19(17)29-4)21(25)31-12-20(24)22-15-11-18(28-3)16(23(26)27)9-13(15)2/h6-7,9-11H,5,8,12H2,1-4H3,(H,22,24). The van der Waals surface area contributed by atoms with Crippen LogP contribution in [0.4, 0.5) is 11.4 Å². The molecule has 0 atom stereocenters. The van der Waals surface area contributed by atoms with Crippen molar-refractivity contribution in [3.05, 3.63) is 51.6 Å². The molecule has 2 aromatic rings. The summed E-state index contributed by atoms with van der Waals surface area (Å²) in [6, 6.07) is 7.20. The van der Waals surface area contributed by atoms with Gasteiger partial charge in [-0.25, -0.2) is 4.79 Å². The normalized spacial score (nSPS) is 10.2. The van der Waals surface area contributed by atoms with Crippen LogP contribution in [0.25, 0.3) is 0 Å². The third-order valence-electron chi connectivity index (χ3n) is 4.19. The van der Waals surface area contributed by atoms with Crippen molar-refractivity contribution in [2.75, 3.05) is 32.8 Å². The molecule has 0 heterocycles. The third-order valence-corrected chi connectivity index (χ3v) is 4.19. The van der Waals surface area contributed by atoms with Gasteiger partial charge in [-0.1, -0.05) is 6.92 Å². The maximum atomic E-state index is 12.3. The molecule has 0 aromatic heterocycles. The van der Waals surface area contributed by atoms with Crippen molar-refractivity contribution < 1.29 is 33.5 Å². The predicted octanol–water partition coefficient (Wildman–Crippen LogP) is 3.50. The first-order valence-corrected chi connectivity index (χ1v) is 9.41. The Balaban J connectivity index is 2.03. The Bertz CT molecular complexity index is 974. The van der Waals surface area contributed by atoms with Gasteiger partial charge in [-0.15, -0.1) is 0 Å². The number of anilines is 1. The lowest BCUT2D eigenvalue weighted by Gasteiger charge is -2.12. The van der Waals surface area contributed by atoms with Crippen molar-refractivity contribution >= 4 is 23.3 Å². The zero-order valence-corrected chi connectivity index (χ0v) is 17.7. The summed E-state index contributed by atoms with van der Waals surface area (Å²) >= 11 is 0. The largest absolute Gasteiger partial charge is 0.493 e. The number of methoxy groups -OCH3 is 2. The molecule has 2 rings (SSSR count). The summed E-state index contributed by atoms with van der Waals surface area (Å²) in [5.41, 5.74) is 0.744. The molecule has 0 aliphatic rings. The van der Waals surface area contributed by atoms with Crippen LogP contribution >= 0.6 is 0 Å². The SMILES string of the molecule is CCCOc1ccc(C(=O)OCC(=O)Nc2cc(OC)c([N+](=O)[O-])cc2C)cc1OC. The number of nitrogens with zero attached hydrogens (tertiary/aromatic N) is 1. The number of nitro groups is 1. The van der Waals surface area contributed by atoms with Crippen molar-refractivity contribution in [3.8, 4) is 17.2 Å². The van der Waals surface area contributed by atoms with Gasteiger partial charge in [-0.2, -0.15) is 0 Å². The summed E-state index contributed by atoms with van der Waals surface area (Å²) in [4.78, 5) is 35.0. The second kappa shape index (κ2) is 10.8. The van der Waals surface area contributed by atoms with E-state index in [2.05, 4.69) is 5.32 Å². The van der Waals surface area contributed by atoms with Crippen LogP contribution in [0.2, 0.25) is 0 Å². The molecule has 1 amide bonds. The van der Waals surface area contributed by atoms with Crippen LogP contribution in [0.1, 0.15) is 29.3 Å². The molecule has 0 aliphatic heterocycles. The summed E-state index contributed by atoms with van der Waals surface area (Å²) < 4.78 is 20.8. The summed E-state index contributed by atoms with van der Waals surface area (Å²) in [7, 11) is 2.75. The van der Waals surface area contributed by atoms with E-state index in [1.54, 1.807) is 13.0 Å². The summed E-state index contributed by atoms with van der Waals surface area (Å²) in [5, 5.41) is 13.6. The number of esters is 1. The molecule has 10 heteroatoms. The molecule has 0 saturated heterocycles. The first-order valence-electron chi connectivity index (χ1n) is 9.41. The average molecular weight is 432 g/mol. The quantitative estimate of drug-likeness (QED) is 0.343. The van der Waals surface area contributed by atoms with Gasteiger partial charge < -0.3 is 24.3 Å². The summed E-state index contributed by atoms with van der Waals surface area (Å²) in [5.74, 6) is -0.446. The lowest BCUT2D eigenvalue weighted by atomic mass is 10.1. The van der Waals surface area contributed by atoms with Crippen LogP contribution in [0.3, 0.4) is 0 Å². The molecule has 0 fully saturated rings. The highest BCUT2D eigenvalue weighted by molar-refractivity contribution is 5.96. The van der Waals surface area contributed by atoms with Crippen molar-refractivity contribution in [1.82, 2.24) is 0 Å². The van der Waals surface area contributed by atoms with Gasteiger partial charge >= 0.3 is 11.7 Å². The number of benzene rings is 2. The van der Waals surface area contributed by atoms with Crippen LogP contribution in [0.15, 0.2) is 30.3 Å². The zero-order chi connectivity index (χ0) is 23.0. The van der Waals surface area contributed by atoms with E-state index in [-0.39, 0.29) is 17.0 Å². The lowest BCUT2D eigenvalue weighted by Crippen LogP contribution is -2.21. The van der Waals surface area contributed by atoms with E-state index in [0.29, 0.717) is 29.4 Å². The highest BCUT2D eigenvalue weighted by Crippen LogP contribution is 2.33. The maximum absolute atomic E-state index is 12.3. The van der Waals surface area contributed by atoms with Crippen molar-refractivity contribution in [2.45, 2.75) is 20.3 Å². The van der Waals surface area contributed by atoms with Gasteiger partial charge in [0.05, 0.1) is 31.3 Å². The van der Waals surface area contributed by atoms with Crippen LogP contribution in [-0.2, 0) is 9.53 Å². The molecule has 0 saturated carbocycles. The molecule has 0 aliphatic carbocycles. The molecular formula is C21H24N2O8. The van der Waals surface area contributed by atoms with E-state index in [1.807, 2.05) is 6.92 Å². The fraction of sp³-hybridized carbons (Fsp3) is 0.333. The van der Waals surface area contributed by atoms with Crippen molar-refractivity contribution in [1.29, 1.82) is 0 Å². The number of carbonyl (C=O) groups excluding carboxylic acids is 2.